The van der Waals surface area contributed by atoms with Gasteiger partial charge in [-0.1, -0.05) is 42.5 Å². The molecule has 1 heterocycles. The highest BCUT2D eigenvalue weighted by Gasteiger charge is 2.31. The molecule has 0 aromatic heterocycles. The molecule has 20 heavy (non-hydrogen) atoms. The van der Waals surface area contributed by atoms with Crippen LogP contribution in [-0.2, 0) is 11.2 Å². The van der Waals surface area contributed by atoms with Crippen LogP contribution in [0.4, 0.5) is 11.4 Å². The maximum absolute atomic E-state index is 12.5. The van der Waals surface area contributed by atoms with Gasteiger partial charge in [-0.3, -0.25) is 4.79 Å². The summed E-state index contributed by atoms with van der Waals surface area (Å²) in [6.07, 6.45) is -0.380. The third-order valence-corrected chi connectivity index (χ3v) is 3.64. The Morgan fingerprint density at radius 2 is 1.90 bits per heavy atom. The maximum atomic E-state index is 12.5. The quantitative estimate of drug-likeness (QED) is 0.817. The second-order valence-corrected chi connectivity index (χ2v) is 4.91. The Morgan fingerprint density at radius 1 is 1.15 bits per heavy atom. The van der Waals surface area contributed by atoms with E-state index in [1.807, 2.05) is 18.2 Å². The number of aliphatic hydroxyl groups is 1. The molecule has 1 amide bonds. The van der Waals surface area contributed by atoms with Gasteiger partial charge in [0.1, 0.15) is 0 Å². The lowest BCUT2D eigenvalue weighted by Gasteiger charge is -2.22. The number of hydrogen-bond acceptors (Lipinski definition) is 3. The van der Waals surface area contributed by atoms with Crippen LogP contribution < -0.4 is 10.6 Å². The Bertz CT molecular complexity index is 640. The largest absolute Gasteiger partial charge is 0.397 e. The number of anilines is 2. The molecule has 3 rings (SSSR count). The third-order valence-electron chi connectivity index (χ3n) is 3.64. The van der Waals surface area contributed by atoms with E-state index >= 15 is 0 Å². The van der Waals surface area contributed by atoms with Crippen molar-refractivity contribution in [1.29, 1.82) is 0 Å². The Morgan fingerprint density at radius 3 is 2.65 bits per heavy atom. The molecule has 0 aliphatic carbocycles. The molecular weight excluding hydrogens is 252 g/mol. The first-order chi connectivity index (χ1) is 9.68. The van der Waals surface area contributed by atoms with Gasteiger partial charge in [0.25, 0.3) is 5.91 Å². The minimum Gasteiger partial charge on any atom is -0.397 e. The van der Waals surface area contributed by atoms with Crippen molar-refractivity contribution in [3.05, 3.63) is 59.7 Å². The van der Waals surface area contributed by atoms with Gasteiger partial charge in [0, 0.05) is 6.54 Å². The van der Waals surface area contributed by atoms with Crippen LogP contribution in [0.15, 0.2) is 48.5 Å². The van der Waals surface area contributed by atoms with E-state index in [1.54, 1.807) is 35.2 Å². The summed E-state index contributed by atoms with van der Waals surface area (Å²) in [5.41, 5.74) is 8.94. The first kappa shape index (κ1) is 12.7. The summed E-state index contributed by atoms with van der Waals surface area (Å²) in [6, 6.07) is 14.6. The fourth-order valence-electron chi connectivity index (χ4n) is 2.63. The summed E-state index contributed by atoms with van der Waals surface area (Å²) >= 11 is 0. The molecule has 1 aliphatic rings. The van der Waals surface area contributed by atoms with Crippen molar-refractivity contribution < 1.29 is 9.90 Å². The predicted octanol–water partition coefficient (Wildman–Crippen LogP) is 1.89. The van der Waals surface area contributed by atoms with E-state index in [2.05, 4.69) is 0 Å². The molecule has 0 bridgehead atoms. The van der Waals surface area contributed by atoms with Crippen LogP contribution in [0.3, 0.4) is 0 Å². The van der Waals surface area contributed by atoms with Crippen LogP contribution in [0.5, 0.6) is 0 Å². The van der Waals surface area contributed by atoms with Crippen molar-refractivity contribution in [2.75, 3.05) is 17.2 Å². The highest BCUT2D eigenvalue weighted by Crippen LogP contribution is 2.35. The second-order valence-electron chi connectivity index (χ2n) is 4.91. The van der Waals surface area contributed by atoms with Crippen molar-refractivity contribution in [2.45, 2.75) is 12.5 Å². The van der Waals surface area contributed by atoms with Crippen molar-refractivity contribution in [3.8, 4) is 0 Å². The number of rotatable bonds is 2. The average molecular weight is 268 g/mol. The monoisotopic (exact) mass is 268 g/mol. The number of nitrogens with zero attached hydrogens (tertiary/aromatic N) is 1. The zero-order chi connectivity index (χ0) is 14.1. The number of amides is 1. The maximum Gasteiger partial charge on any atom is 0.260 e. The summed E-state index contributed by atoms with van der Waals surface area (Å²) in [7, 11) is 0. The van der Waals surface area contributed by atoms with Crippen molar-refractivity contribution in [2.24, 2.45) is 0 Å². The lowest BCUT2D eigenvalue weighted by atomic mass is 10.1. The number of nitrogens with two attached hydrogens (primary N) is 1. The van der Waals surface area contributed by atoms with Crippen LogP contribution >= 0.6 is 0 Å². The second kappa shape index (κ2) is 4.98. The SMILES string of the molecule is Nc1cccc2c1N(C(=O)C(O)c1ccccc1)CC2. The van der Waals surface area contributed by atoms with Gasteiger partial charge in [-0.2, -0.15) is 0 Å². The normalized spacial score (nSPS) is 14.9. The smallest absolute Gasteiger partial charge is 0.260 e. The van der Waals surface area contributed by atoms with Gasteiger partial charge in [0.15, 0.2) is 6.10 Å². The fraction of sp³-hybridized carbons (Fsp3) is 0.188. The number of para-hydroxylation sites is 1. The number of benzene rings is 2. The Hall–Kier alpha value is -2.33. The van der Waals surface area contributed by atoms with Gasteiger partial charge >= 0.3 is 0 Å². The molecule has 1 atom stereocenters. The lowest BCUT2D eigenvalue weighted by molar-refractivity contribution is -0.126. The van der Waals surface area contributed by atoms with Crippen molar-refractivity contribution in [1.82, 2.24) is 0 Å². The van der Waals surface area contributed by atoms with Gasteiger partial charge in [-0.15, -0.1) is 0 Å². The number of hydrogen-bond donors (Lipinski definition) is 2. The van der Waals surface area contributed by atoms with Gasteiger partial charge in [0.2, 0.25) is 0 Å². The summed E-state index contributed by atoms with van der Waals surface area (Å²) in [5.74, 6) is -0.326. The molecule has 0 saturated carbocycles. The first-order valence-electron chi connectivity index (χ1n) is 6.60. The van der Waals surface area contributed by atoms with Gasteiger partial charge < -0.3 is 15.7 Å². The summed E-state index contributed by atoms with van der Waals surface area (Å²) in [4.78, 5) is 14.1. The van der Waals surface area contributed by atoms with Gasteiger partial charge in [-0.05, 0) is 23.6 Å². The van der Waals surface area contributed by atoms with Crippen LogP contribution in [0.1, 0.15) is 17.2 Å². The first-order valence-corrected chi connectivity index (χ1v) is 6.60. The molecule has 2 aromatic carbocycles. The molecule has 0 radical (unpaired) electrons. The topological polar surface area (TPSA) is 66.6 Å². The lowest BCUT2D eigenvalue weighted by Crippen LogP contribution is -2.34. The highest BCUT2D eigenvalue weighted by atomic mass is 16.3. The molecule has 1 aliphatic heterocycles. The van der Waals surface area contributed by atoms with Crippen LogP contribution in [0, 0.1) is 0 Å². The fourth-order valence-corrected chi connectivity index (χ4v) is 2.63. The average Bonchev–Trinajstić information content (AvgIpc) is 2.92. The number of aliphatic hydroxyl groups excluding tert-OH is 1. The Labute approximate surface area is 117 Å². The minimum absolute atomic E-state index is 0.326. The molecule has 0 saturated heterocycles. The van der Waals surface area contributed by atoms with Crippen LogP contribution in [0.2, 0.25) is 0 Å². The van der Waals surface area contributed by atoms with Crippen LogP contribution in [-0.4, -0.2) is 17.6 Å². The number of fused-ring (bicyclic) bond motifs is 1. The van der Waals surface area contributed by atoms with E-state index in [9.17, 15) is 9.90 Å². The van der Waals surface area contributed by atoms with Gasteiger partial charge in [0.05, 0.1) is 11.4 Å². The molecule has 3 N–H and O–H groups in total. The van der Waals surface area contributed by atoms with E-state index in [4.69, 9.17) is 5.73 Å². The Kier molecular flexibility index (Phi) is 3.16. The Balaban J connectivity index is 1.91. The van der Waals surface area contributed by atoms with Crippen LogP contribution in [0.25, 0.3) is 0 Å². The van der Waals surface area contributed by atoms with E-state index in [0.29, 0.717) is 17.8 Å². The van der Waals surface area contributed by atoms with E-state index < -0.39 is 6.10 Å². The van der Waals surface area contributed by atoms with Gasteiger partial charge in [-0.25, -0.2) is 0 Å². The summed E-state index contributed by atoms with van der Waals surface area (Å²) < 4.78 is 0. The van der Waals surface area contributed by atoms with E-state index in [-0.39, 0.29) is 5.91 Å². The highest BCUT2D eigenvalue weighted by molar-refractivity contribution is 6.01. The predicted molar refractivity (Wildman–Crippen MR) is 78.3 cm³/mol. The molecule has 1 unspecified atom stereocenters. The minimum atomic E-state index is -1.15. The van der Waals surface area contributed by atoms with Crippen molar-refractivity contribution in [3.63, 3.8) is 0 Å². The number of carbonyl (C=O) groups excluding carboxylic acids is 1. The third kappa shape index (κ3) is 2.04. The zero-order valence-corrected chi connectivity index (χ0v) is 11.0. The molecule has 0 fully saturated rings. The molecule has 102 valence electrons. The molecule has 2 aromatic rings. The van der Waals surface area contributed by atoms with Crippen molar-refractivity contribution >= 4 is 17.3 Å². The summed E-state index contributed by atoms with van der Waals surface area (Å²) in [6.45, 7) is 0.562. The zero-order valence-electron chi connectivity index (χ0n) is 11.0. The molecule has 4 heteroatoms. The standard InChI is InChI=1S/C16H16N2O2/c17-13-8-4-7-11-9-10-18(14(11)13)16(20)15(19)12-5-2-1-3-6-12/h1-8,15,19H,9-10,17H2. The molecular formula is C16H16N2O2. The summed E-state index contributed by atoms with van der Waals surface area (Å²) in [5, 5.41) is 10.2. The number of carbonyl (C=O) groups is 1. The van der Waals surface area contributed by atoms with E-state index in [1.165, 1.54) is 0 Å². The number of nitrogen functional groups attached to an aromatic ring is 1. The van der Waals surface area contributed by atoms with E-state index in [0.717, 1.165) is 17.7 Å². The molecule has 4 nitrogen and oxygen atoms in total. The molecule has 0 spiro atoms.